The van der Waals surface area contributed by atoms with Crippen molar-refractivity contribution in [3.8, 4) is 11.6 Å². The van der Waals surface area contributed by atoms with Gasteiger partial charge in [0.05, 0.1) is 16.6 Å². The summed E-state index contributed by atoms with van der Waals surface area (Å²) in [4.78, 5) is 31.6. The molecule has 0 aliphatic heterocycles. The molecule has 0 bridgehead atoms. The second kappa shape index (κ2) is 8.55. The van der Waals surface area contributed by atoms with Gasteiger partial charge in [-0.15, -0.1) is 0 Å². The number of aromatic nitrogens is 1. The number of hydrogen-bond donors (Lipinski definition) is 3. The molecule has 28 heavy (non-hydrogen) atoms. The average Bonchev–Trinajstić information content (AvgIpc) is 2.57. The lowest BCUT2D eigenvalue weighted by Gasteiger charge is -2.11. The third kappa shape index (κ3) is 6.48. The Morgan fingerprint density at radius 1 is 1.25 bits per heavy atom. The SMILES string of the molecule is O=[N+]([O-])c1ccc(Oc2ccc(C(F)(F)F)cn2)cc1NCCCP(=O)(O)O. The van der Waals surface area contributed by atoms with Gasteiger partial charge in [-0.25, -0.2) is 4.98 Å². The topological polar surface area (TPSA) is 135 Å². The Labute approximate surface area is 156 Å². The van der Waals surface area contributed by atoms with Crippen LogP contribution in [0.5, 0.6) is 11.6 Å². The lowest BCUT2D eigenvalue weighted by Crippen LogP contribution is -2.07. The minimum Gasteiger partial charge on any atom is -0.439 e. The minimum atomic E-state index is -4.54. The van der Waals surface area contributed by atoms with Crippen LogP contribution in [0.4, 0.5) is 24.5 Å². The van der Waals surface area contributed by atoms with Crippen LogP contribution < -0.4 is 10.1 Å². The van der Waals surface area contributed by atoms with Crippen molar-refractivity contribution in [2.45, 2.75) is 12.6 Å². The number of anilines is 1. The number of hydrogen-bond acceptors (Lipinski definition) is 6. The molecule has 0 fully saturated rings. The molecule has 1 heterocycles. The number of nitro groups is 1. The largest absolute Gasteiger partial charge is 0.439 e. The molecule has 13 heteroatoms. The summed E-state index contributed by atoms with van der Waals surface area (Å²) >= 11 is 0. The van der Waals surface area contributed by atoms with Crippen molar-refractivity contribution >= 4 is 19.0 Å². The molecule has 0 amide bonds. The number of nitrogens with one attached hydrogen (secondary N) is 1. The Kier molecular flexibility index (Phi) is 6.60. The van der Waals surface area contributed by atoms with E-state index in [9.17, 15) is 27.9 Å². The van der Waals surface area contributed by atoms with Crippen molar-refractivity contribution < 1.29 is 37.2 Å². The molecule has 0 spiro atoms. The van der Waals surface area contributed by atoms with E-state index in [2.05, 4.69) is 10.3 Å². The zero-order chi connectivity index (χ0) is 20.9. The van der Waals surface area contributed by atoms with Crippen LogP contribution in [0, 0.1) is 10.1 Å². The van der Waals surface area contributed by atoms with Crippen molar-refractivity contribution in [3.05, 3.63) is 52.2 Å². The minimum absolute atomic E-state index is 0.0279. The first-order valence-corrected chi connectivity index (χ1v) is 9.53. The summed E-state index contributed by atoms with van der Waals surface area (Å²) in [6, 6.07) is 5.42. The summed E-state index contributed by atoms with van der Waals surface area (Å²) < 4.78 is 53.8. The zero-order valence-corrected chi connectivity index (χ0v) is 15.0. The summed E-state index contributed by atoms with van der Waals surface area (Å²) in [6.07, 6.45) is -4.27. The maximum absolute atomic E-state index is 12.5. The highest BCUT2D eigenvalue weighted by atomic mass is 31.2. The molecule has 152 valence electrons. The van der Waals surface area contributed by atoms with E-state index in [0.29, 0.717) is 6.20 Å². The lowest BCUT2D eigenvalue weighted by molar-refractivity contribution is -0.384. The van der Waals surface area contributed by atoms with Gasteiger partial charge < -0.3 is 19.8 Å². The number of rotatable bonds is 8. The van der Waals surface area contributed by atoms with Gasteiger partial charge in [-0.05, 0) is 18.6 Å². The molecule has 1 aromatic heterocycles. The number of alkyl halides is 3. The van der Waals surface area contributed by atoms with Crippen molar-refractivity contribution in [1.82, 2.24) is 4.98 Å². The maximum atomic E-state index is 12.5. The molecule has 0 radical (unpaired) electrons. The van der Waals surface area contributed by atoms with Gasteiger partial charge in [0.15, 0.2) is 0 Å². The fraction of sp³-hybridized carbons (Fsp3) is 0.267. The Balaban J connectivity index is 2.12. The molecular formula is C15H15F3N3O6P. The number of nitrogens with zero attached hydrogens (tertiary/aromatic N) is 2. The highest BCUT2D eigenvalue weighted by molar-refractivity contribution is 7.51. The molecule has 0 saturated heterocycles. The predicted octanol–water partition coefficient (Wildman–Crippen LogP) is 3.78. The third-order valence-electron chi connectivity index (χ3n) is 3.39. The van der Waals surface area contributed by atoms with E-state index < -0.39 is 24.3 Å². The van der Waals surface area contributed by atoms with Crippen molar-refractivity contribution in [3.63, 3.8) is 0 Å². The molecule has 0 saturated carbocycles. The zero-order valence-electron chi connectivity index (χ0n) is 14.1. The van der Waals surface area contributed by atoms with Gasteiger partial charge in [0.2, 0.25) is 5.88 Å². The molecule has 1 aromatic carbocycles. The fourth-order valence-electron chi connectivity index (χ4n) is 2.12. The second-order valence-corrected chi connectivity index (χ2v) is 7.37. The molecule has 3 N–H and O–H groups in total. The summed E-state index contributed by atoms with van der Waals surface area (Å²) in [5.74, 6) is -0.0651. The van der Waals surface area contributed by atoms with Crippen molar-refractivity contribution in [2.75, 3.05) is 18.0 Å². The number of benzene rings is 1. The van der Waals surface area contributed by atoms with Crippen LogP contribution in [-0.4, -0.2) is 32.4 Å². The fourth-order valence-corrected chi connectivity index (χ4v) is 2.69. The Morgan fingerprint density at radius 3 is 2.50 bits per heavy atom. The predicted molar refractivity (Wildman–Crippen MR) is 92.4 cm³/mol. The second-order valence-electron chi connectivity index (χ2n) is 5.59. The van der Waals surface area contributed by atoms with E-state index in [1.54, 1.807) is 0 Å². The van der Waals surface area contributed by atoms with Crippen LogP contribution in [0.25, 0.3) is 0 Å². The van der Waals surface area contributed by atoms with E-state index in [0.717, 1.165) is 18.2 Å². The number of halogens is 3. The number of pyridine rings is 1. The van der Waals surface area contributed by atoms with Crippen LogP contribution in [-0.2, 0) is 10.7 Å². The summed E-state index contributed by atoms with van der Waals surface area (Å²) in [5, 5.41) is 13.8. The van der Waals surface area contributed by atoms with Gasteiger partial charge >= 0.3 is 13.8 Å². The highest BCUT2D eigenvalue weighted by Gasteiger charge is 2.30. The van der Waals surface area contributed by atoms with E-state index in [1.807, 2.05) is 0 Å². The highest BCUT2D eigenvalue weighted by Crippen LogP contribution is 2.35. The van der Waals surface area contributed by atoms with Crippen LogP contribution >= 0.6 is 7.60 Å². The lowest BCUT2D eigenvalue weighted by atomic mass is 10.2. The summed E-state index contributed by atoms with van der Waals surface area (Å²) in [7, 11) is -4.18. The molecule has 0 unspecified atom stereocenters. The quantitative estimate of drug-likeness (QED) is 0.254. The Hall–Kier alpha value is -2.69. The first kappa shape index (κ1) is 21.6. The van der Waals surface area contributed by atoms with E-state index in [-0.39, 0.29) is 42.1 Å². The molecule has 0 atom stereocenters. The summed E-state index contributed by atoms with van der Waals surface area (Å²) in [6.45, 7) is 0.0495. The Bertz CT molecular complexity index is 886. The van der Waals surface area contributed by atoms with Crippen LogP contribution in [0.15, 0.2) is 36.5 Å². The van der Waals surface area contributed by atoms with Gasteiger partial charge in [-0.2, -0.15) is 13.2 Å². The van der Waals surface area contributed by atoms with Gasteiger partial charge in [0, 0.05) is 30.9 Å². The summed E-state index contributed by atoms with van der Waals surface area (Å²) in [5.41, 5.74) is -1.22. The van der Waals surface area contributed by atoms with Crippen molar-refractivity contribution in [2.24, 2.45) is 0 Å². The van der Waals surface area contributed by atoms with E-state index >= 15 is 0 Å². The standard InChI is InChI=1S/C15H15F3N3O6P/c16-15(17,18)10-2-5-14(20-9-10)27-11-3-4-13(21(22)23)12(8-11)19-6-1-7-28(24,25)26/h2-5,8-9,19H,1,6-7H2,(H2,24,25,26). The van der Waals surface area contributed by atoms with Crippen LogP contribution in [0.2, 0.25) is 0 Å². The van der Waals surface area contributed by atoms with Gasteiger partial charge in [0.1, 0.15) is 11.4 Å². The molecule has 9 nitrogen and oxygen atoms in total. The Morgan fingerprint density at radius 2 is 1.96 bits per heavy atom. The molecular weight excluding hydrogens is 406 g/mol. The smallest absolute Gasteiger partial charge is 0.417 e. The normalized spacial score (nSPS) is 11.9. The average molecular weight is 421 g/mol. The third-order valence-corrected chi connectivity index (χ3v) is 4.29. The van der Waals surface area contributed by atoms with E-state index in [1.165, 1.54) is 12.1 Å². The maximum Gasteiger partial charge on any atom is 0.417 e. The number of nitro benzene ring substituents is 1. The van der Waals surface area contributed by atoms with Crippen LogP contribution in [0.3, 0.4) is 0 Å². The number of ether oxygens (including phenoxy) is 1. The first-order chi connectivity index (χ1) is 13.0. The molecule has 2 aromatic rings. The molecule has 0 aliphatic carbocycles. The first-order valence-electron chi connectivity index (χ1n) is 7.74. The molecule has 2 rings (SSSR count). The van der Waals surface area contributed by atoms with Crippen LogP contribution in [0.1, 0.15) is 12.0 Å². The monoisotopic (exact) mass is 421 g/mol. The van der Waals surface area contributed by atoms with Gasteiger partial charge in [0.25, 0.3) is 5.69 Å². The molecule has 0 aliphatic rings. The van der Waals surface area contributed by atoms with Crippen molar-refractivity contribution in [1.29, 1.82) is 0 Å². The van der Waals surface area contributed by atoms with E-state index in [4.69, 9.17) is 14.5 Å². The van der Waals surface area contributed by atoms with Gasteiger partial charge in [-0.3, -0.25) is 14.7 Å². The van der Waals surface area contributed by atoms with Gasteiger partial charge in [-0.1, -0.05) is 0 Å².